The second kappa shape index (κ2) is 9.81. The second-order valence-corrected chi connectivity index (χ2v) is 9.63. The summed E-state index contributed by atoms with van der Waals surface area (Å²) in [6.07, 6.45) is 0. The summed E-state index contributed by atoms with van der Waals surface area (Å²) in [5.41, 5.74) is 0.654. The molecule has 0 fully saturated rings. The minimum atomic E-state index is -0.695. The maximum atomic E-state index is 12.8. The summed E-state index contributed by atoms with van der Waals surface area (Å²) in [6, 6.07) is 13.4. The van der Waals surface area contributed by atoms with E-state index in [1.54, 1.807) is 52.1 Å². The first-order valence-corrected chi connectivity index (χ1v) is 11.2. The van der Waals surface area contributed by atoms with Gasteiger partial charge in [-0.2, -0.15) is 0 Å². The van der Waals surface area contributed by atoms with Gasteiger partial charge in [-0.25, -0.2) is 9.59 Å². The fourth-order valence-electron chi connectivity index (χ4n) is 2.75. The minimum absolute atomic E-state index is 0.239. The number of anilines is 2. The molecule has 3 rings (SSSR count). The number of nitrogens with one attached hydrogen (secondary N) is 2. The Morgan fingerprint density at radius 2 is 1.62 bits per heavy atom. The third-order valence-corrected chi connectivity index (χ3v) is 5.86. The normalized spacial score (nSPS) is 11.1. The summed E-state index contributed by atoms with van der Waals surface area (Å²) >= 11 is 13.5. The first-order valence-electron chi connectivity index (χ1n) is 9.61. The lowest BCUT2D eigenvalue weighted by Crippen LogP contribution is -2.25. The maximum Gasteiger partial charge on any atom is 0.341 e. The first-order chi connectivity index (χ1) is 15.1. The highest BCUT2D eigenvalue weighted by molar-refractivity contribution is 7.20. The molecule has 32 heavy (non-hydrogen) atoms. The Labute approximate surface area is 200 Å². The number of benzene rings is 2. The van der Waals surface area contributed by atoms with Crippen LogP contribution in [0.15, 0.2) is 48.5 Å². The van der Waals surface area contributed by atoms with Crippen molar-refractivity contribution < 1.29 is 19.1 Å². The van der Waals surface area contributed by atoms with E-state index in [4.69, 9.17) is 32.7 Å². The molecule has 168 valence electrons. The van der Waals surface area contributed by atoms with Crippen molar-refractivity contribution in [2.75, 3.05) is 17.7 Å². The summed E-state index contributed by atoms with van der Waals surface area (Å²) in [6.45, 7) is 5.33. The largest absolute Gasteiger partial charge is 0.497 e. The quantitative estimate of drug-likeness (QED) is 0.365. The van der Waals surface area contributed by atoms with E-state index < -0.39 is 17.6 Å². The minimum Gasteiger partial charge on any atom is -0.497 e. The summed E-state index contributed by atoms with van der Waals surface area (Å²) < 4.78 is 10.8. The van der Waals surface area contributed by atoms with Gasteiger partial charge >= 0.3 is 12.0 Å². The smallest absolute Gasteiger partial charge is 0.341 e. The number of esters is 1. The number of urea groups is 1. The molecule has 1 aromatic heterocycles. The number of rotatable bonds is 5. The van der Waals surface area contributed by atoms with E-state index in [-0.39, 0.29) is 11.3 Å². The fraction of sp³-hybridized carbons (Fsp3) is 0.217. The van der Waals surface area contributed by atoms with Crippen LogP contribution in [0.4, 0.5) is 15.5 Å². The van der Waals surface area contributed by atoms with E-state index in [1.165, 1.54) is 11.3 Å². The van der Waals surface area contributed by atoms with Gasteiger partial charge in [-0.3, -0.25) is 5.32 Å². The summed E-state index contributed by atoms with van der Waals surface area (Å²) in [5, 5.41) is 6.27. The average molecular weight is 493 g/mol. The number of para-hydroxylation sites is 1. The molecule has 0 aliphatic heterocycles. The fourth-order valence-corrected chi connectivity index (χ4v) is 4.28. The Morgan fingerprint density at radius 1 is 0.969 bits per heavy atom. The van der Waals surface area contributed by atoms with Gasteiger partial charge in [0.1, 0.15) is 16.4 Å². The van der Waals surface area contributed by atoms with Gasteiger partial charge in [0.15, 0.2) is 0 Å². The predicted octanol–water partition coefficient (Wildman–Crippen LogP) is 7.33. The number of halogens is 2. The molecule has 0 radical (unpaired) electrons. The van der Waals surface area contributed by atoms with E-state index in [2.05, 4.69) is 10.6 Å². The molecule has 1 heterocycles. The number of thiophene rings is 1. The SMILES string of the molecule is COc1cccc(-c2cc(C(=O)OC(C)(C)C)c(NC(=O)Nc3c(Cl)cccc3Cl)s2)c1. The van der Waals surface area contributed by atoms with Gasteiger partial charge in [0, 0.05) is 4.88 Å². The van der Waals surface area contributed by atoms with Gasteiger partial charge in [0.05, 0.1) is 28.4 Å². The van der Waals surface area contributed by atoms with Crippen LogP contribution in [0.3, 0.4) is 0 Å². The van der Waals surface area contributed by atoms with E-state index in [0.717, 1.165) is 10.4 Å². The van der Waals surface area contributed by atoms with Crippen LogP contribution in [-0.2, 0) is 4.74 Å². The van der Waals surface area contributed by atoms with Crippen LogP contribution < -0.4 is 15.4 Å². The van der Waals surface area contributed by atoms with Gasteiger partial charge in [-0.1, -0.05) is 41.4 Å². The van der Waals surface area contributed by atoms with Crippen LogP contribution in [0, 0.1) is 0 Å². The first kappa shape index (κ1) is 23.9. The standard InChI is InChI=1S/C23H22Cl2N2O4S/c1-23(2,3)31-21(28)15-12-18(13-7-5-8-14(11-13)30-4)32-20(15)27-22(29)26-19-16(24)9-6-10-17(19)25/h5-12H,1-4H3,(H2,26,27,29). The number of methoxy groups -OCH3 is 1. The van der Waals surface area contributed by atoms with E-state index in [1.807, 2.05) is 24.3 Å². The average Bonchev–Trinajstić information content (AvgIpc) is 3.13. The molecule has 0 aliphatic rings. The second-order valence-electron chi connectivity index (χ2n) is 7.76. The molecule has 3 aromatic rings. The molecule has 0 spiro atoms. The highest BCUT2D eigenvalue weighted by Crippen LogP contribution is 2.38. The third-order valence-electron chi connectivity index (χ3n) is 4.13. The number of hydrogen-bond donors (Lipinski definition) is 2. The van der Waals surface area contributed by atoms with Gasteiger partial charge in [0.2, 0.25) is 0 Å². The Balaban J connectivity index is 1.94. The third kappa shape index (κ3) is 5.94. The van der Waals surface area contributed by atoms with E-state index >= 15 is 0 Å². The molecule has 2 aromatic carbocycles. The molecular formula is C23H22Cl2N2O4S. The predicted molar refractivity (Wildman–Crippen MR) is 131 cm³/mol. The van der Waals surface area contributed by atoms with Gasteiger partial charge < -0.3 is 14.8 Å². The number of ether oxygens (including phenoxy) is 2. The summed E-state index contributed by atoms with van der Waals surface area (Å²) in [4.78, 5) is 26.3. The van der Waals surface area contributed by atoms with Crippen LogP contribution in [0.1, 0.15) is 31.1 Å². The van der Waals surface area contributed by atoms with Crippen LogP contribution in [-0.4, -0.2) is 24.7 Å². The van der Waals surface area contributed by atoms with Crippen LogP contribution in [0.25, 0.3) is 10.4 Å². The molecule has 6 nitrogen and oxygen atoms in total. The molecule has 0 bridgehead atoms. The lowest BCUT2D eigenvalue weighted by atomic mass is 10.1. The zero-order valence-electron chi connectivity index (χ0n) is 17.9. The summed E-state index contributed by atoms with van der Waals surface area (Å²) in [5.74, 6) is 0.129. The number of amides is 2. The maximum absolute atomic E-state index is 12.8. The van der Waals surface area contributed by atoms with Crippen molar-refractivity contribution in [3.63, 3.8) is 0 Å². The molecule has 0 saturated carbocycles. The molecular weight excluding hydrogens is 471 g/mol. The van der Waals surface area contributed by atoms with Gasteiger partial charge in [0.25, 0.3) is 0 Å². The lowest BCUT2D eigenvalue weighted by Gasteiger charge is -2.19. The van der Waals surface area contributed by atoms with Crippen molar-refractivity contribution in [2.24, 2.45) is 0 Å². The molecule has 0 aliphatic carbocycles. The zero-order valence-corrected chi connectivity index (χ0v) is 20.2. The Hall–Kier alpha value is -2.74. The van der Waals surface area contributed by atoms with Crippen molar-refractivity contribution in [3.05, 3.63) is 64.1 Å². The highest BCUT2D eigenvalue weighted by Gasteiger charge is 2.24. The summed E-state index contributed by atoms with van der Waals surface area (Å²) in [7, 11) is 1.58. The van der Waals surface area contributed by atoms with Crippen molar-refractivity contribution in [2.45, 2.75) is 26.4 Å². The Morgan fingerprint density at radius 3 is 2.25 bits per heavy atom. The molecule has 0 unspecified atom stereocenters. The van der Waals surface area contributed by atoms with Crippen molar-refractivity contribution in [1.29, 1.82) is 0 Å². The zero-order chi connectivity index (χ0) is 23.5. The number of hydrogen-bond acceptors (Lipinski definition) is 5. The number of carbonyl (C=O) groups excluding carboxylic acids is 2. The van der Waals surface area contributed by atoms with E-state index in [0.29, 0.717) is 20.8 Å². The topological polar surface area (TPSA) is 76.7 Å². The van der Waals surface area contributed by atoms with Crippen molar-refractivity contribution in [1.82, 2.24) is 0 Å². The molecule has 9 heteroatoms. The Bertz CT molecular complexity index is 1130. The Kier molecular flexibility index (Phi) is 7.33. The van der Waals surface area contributed by atoms with E-state index in [9.17, 15) is 9.59 Å². The van der Waals surface area contributed by atoms with Crippen LogP contribution >= 0.6 is 34.5 Å². The number of carbonyl (C=O) groups is 2. The molecule has 0 saturated heterocycles. The van der Waals surface area contributed by atoms with Gasteiger partial charge in [-0.05, 0) is 56.7 Å². The van der Waals surface area contributed by atoms with Crippen LogP contribution in [0.2, 0.25) is 10.0 Å². The van der Waals surface area contributed by atoms with Gasteiger partial charge in [-0.15, -0.1) is 11.3 Å². The van der Waals surface area contributed by atoms with Crippen molar-refractivity contribution >= 4 is 57.2 Å². The lowest BCUT2D eigenvalue weighted by molar-refractivity contribution is 0.00713. The molecule has 0 atom stereocenters. The highest BCUT2D eigenvalue weighted by atomic mass is 35.5. The monoisotopic (exact) mass is 492 g/mol. The molecule has 2 N–H and O–H groups in total. The van der Waals surface area contributed by atoms with Crippen LogP contribution in [0.5, 0.6) is 5.75 Å². The van der Waals surface area contributed by atoms with Crippen molar-refractivity contribution in [3.8, 4) is 16.2 Å². The molecule has 2 amide bonds.